The fourth-order valence-corrected chi connectivity index (χ4v) is 2.80. The van der Waals surface area contributed by atoms with Crippen molar-refractivity contribution in [3.8, 4) is 5.75 Å². The molecule has 0 saturated carbocycles. The molecule has 3 heterocycles. The van der Waals surface area contributed by atoms with Crippen molar-refractivity contribution in [1.82, 2.24) is 9.38 Å². The van der Waals surface area contributed by atoms with Gasteiger partial charge in [0.15, 0.2) is 5.76 Å². The first-order valence-corrected chi connectivity index (χ1v) is 8.72. The molecule has 7 nitrogen and oxygen atoms in total. The predicted molar refractivity (Wildman–Crippen MR) is 104 cm³/mol. The third-order valence-corrected chi connectivity index (χ3v) is 4.16. The Morgan fingerprint density at radius 1 is 1.18 bits per heavy atom. The summed E-state index contributed by atoms with van der Waals surface area (Å²) < 4.78 is 12.2. The number of pyridine rings is 1. The van der Waals surface area contributed by atoms with Gasteiger partial charge in [0.05, 0.1) is 22.7 Å². The third kappa shape index (κ3) is 3.74. The molecule has 0 fully saturated rings. The molecular formula is C20H14ClN3O4. The van der Waals surface area contributed by atoms with Gasteiger partial charge in [0.1, 0.15) is 18.0 Å². The maximum absolute atomic E-state index is 12.2. The molecule has 1 amide bonds. The van der Waals surface area contributed by atoms with Crippen LogP contribution in [0, 0.1) is 0 Å². The van der Waals surface area contributed by atoms with Crippen molar-refractivity contribution in [2.45, 2.75) is 6.61 Å². The molecule has 0 bridgehead atoms. The van der Waals surface area contributed by atoms with Crippen LogP contribution in [0.4, 0.5) is 5.69 Å². The number of anilines is 1. The number of carbonyl (C=O) groups is 1. The quantitative estimate of drug-likeness (QED) is 0.556. The number of benzene rings is 1. The summed E-state index contributed by atoms with van der Waals surface area (Å²) in [5, 5.41) is 3.18. The van der Waals surface area contributed by atoms with Gasteiger partial charge in [-0.3, -0.25) is 14.0 Å². The van der Waals surface area contributed by atoms with Gasteiger partial charge in [0, 0.05) is 12.3 Å². The van der Waals surface area contributed by atoms with Crippen molar-refractivity contribution >= 4 is 28.8 Å². The van der Waals surface area contributed by atoms with Crippen molar-refractivity contribution in [3.05, 3.63) is 93.9 Å². The lowest BCUT2D eigenvalue weighted by Gasteiger charge is -2.12. The fraction of sp³-hybridized carbons (Fsp3) is 0.0500. The summed E-state index contributed by atoms with van der Waals surface area (Å²) in [5.41, 5.74) is 1.15. The number of nitrogens with one attached hydrogen (secondary N) is 1. The number of hydrogen-bond donors (Lipinski definition) is 1. The van der Waals surface area contributed by atoms with Crippen LogP contribution in [0.2, 0.25) is 5.02 Å². The van der Waals surface area contributed by atoms with E-state index in [4.69, 9.17) is 20.8 Å². The zero-order valence-corrected chi connectivity index (χ0v) is 15.2. The molecule has 0 aliphatic heterocycles. The maximum Gasteiger partial charge on any atom is 0.291 e. The summed E-state index contributed by atoms with van der Waals surface area (Å²) in [4.78, 5) is 28.8. The molecule has 0 saturated heterocycles. The summed E-state index contributed by atoms with van der Waals surface area (Å²) in [5.74, 6) is 0.248. The van der Waals surface area contributed by atoms with Gasteiger partial charge in [-0.1, -0.05) is 23.7 Å². The molecule has 8 heteroatoms. The van der Waals surface area contributed by atoms with Crippen LogP contribution in [-0.2, 0) is 6.61 Å². The second-order valence-corrected chi connectivity index (χ2v) is 6.31. The Morgan fingerprint density at radius 2 is 2.04 bits per heavy atom. The van der Waals surface area contributed by atoms with Crippen molar-refractivity contribution in [1.29, 1.82) is 0 Å². The van der Waals surface area contributed by atoms with Crippen LogP contribution in [-0.4, -0.2) is 15.3 Å². The highest BCUT2D eigenvalue weighted by molar-refractivity contribution is 6.30. The van der Waals surface area contributed by atoms with Gasteiger partial charge in [-0.25, -0.2) is 4.98 Å². The number of para-hydroxylation sites is 2. The Bertz CT molecular complexity index is 1200. The molecule has 0 unspecified atom stereocenters. The lowest BCUT2D eigenvalue weighted by Crippen LogP contribution is -2.16. The van der Waals surface area contributed by atoms with Crippen molar-refractivity contribution in [3.63, 3.8) is 0 Å². The first-order valence-electron chi connectivity index (χ1n) is 8.35. The molecule has 1 N–H and O–H groups in total. The van der Waals surface area contributed by atoms with E-state index in [2.05, 4.69) is 10.3 Å². The van der Waals surface area contributed by atoms with Gasteiger partial charge in [0.25, 0.3) is 11.5 Å². The third-order valence-electron chi connectivity index (χ3n) is 3.93. The molecule has 0 aliphatic carbocycles. The second-order valence-electron chi connectivity index (χ2n) is 5.88. The van der Waals surface area contributed by atoms with Crippen LogP contribution >= 0.6 is 11.6 Å². The number of halogens is 1. The smallest absolute Gasteiger partial charge is 0.291 e. The van der Waals surface area contributed by atoms with E-state index >= 15 is 0 Å². The fourth-order valence-electron chi connectivity index (χ4n) is 2.64. The average molecular weight is 396 g/mol. The summed E-state index contributed by atoms with van der Waals surface area (Å²) in [6.45, 7) is 0.0575. The van der Waals surface area contributed by atoms with E-state index in [1.165, 1.54) is 22.9 Å². The largest absolute Gasteiger partial charge is 0.485 e. The Hall–Kier alpha value is -3.58. The highest BCUT2D eigenvalue weighted by Gasteiger charge is 2.12. The first kappa shape index (κ1) is 17.8. The summed E-state index contributed by atoms with van der Waals surface area (Å²) in [6, 6.07) is 14.9. The number of nitrogens with zero attached hydrogens (tertiary/aromatic N) is 2. The second kappa shape index (κ2) is 7.58. The van der Waals surface area contributed by atoms with Crippen LogP contribution in [0.15, 0.2) is 76.3 Å². The summed E-state index contributed by atoms with van der Waals surface area (Å²) >= 11 is 5.91. The van der Waals surface area contributed by atoms with E-state index in [1.54, 1.807) is 48.5 Å². The molecule has 4 rings (SSSR count). The molecule has 0 radical (unpaired) electrons. The van der Waals surface area contributed by atoms with Crippen molar-refractivity contribution < 1.29 is 13.9 Å². The van der Waals surface area contributed by atoms with Gasteiger partial charge in [-0.15, -0.1) is 0 Å². The maximum atomic E-state index is 12.2. The number of hydrogen-bond acceptors (Lipinski definition) is 5. The number of ether oxygens (including phenoxy) is 1. The molecule has 0 atom stereocenters. The van der Waals surface area contributed by atoms with Gasteiger partial charge in [-0.05, 0) is 36.4 Å². The minimum atomic E-state index is -0.389. The summed E-state index contributed by atoms with van der Waals surface area (Å²) in [6.07, 6.45) is 2.94. The van der Waals surface area contributed by atoms with Gasteiger partial charge in [0.2, 0.25) is 0 Å². The summed E-state index contributed by atoms with van der Waals surface area (Å²) in [7, 11) is 0. The highest BCUT2D eigenvalue weighted by atomic mass is 35.5. The number of carbonyl (C=O) groups excluding carboxylic acids is 1. The predicted octanol–water partition coefficient (Wildman–Crippen LogP) is 3.77. The Morgan fingerprint density at radius 3 is 2.86 bits per heavy atom. The van der Waals surface area contributed by atoms with Crippen LogP contribution in [0.3, 0.4) is 0 Å². The number of fused-ring (bicyclic) bond motifs is 1. The SMILES string of the molecule is O=C(Nc1ccccc1OCc1cc(=O)n2cc(Cl)ccc2n1)c1ccco1. The van der Waals surface area contributed by atoms with Gasteiger partial charge in [-0.2, -0.15) is 0 Å². The number of rotatable bonds is 5. The van der Waals surface area contributed by atoms with Gasteiger partial charge < -0.3 is 14.5 Å². The van der Waals surface area contributed by atoms with E-state index in [9.17, 15) is 9.59 Å². The van der Waals surface area contributed by atoms with E-state index in [0.29, 0.717) is 27.8 Å². The lowest BCUT2D eigenvalue weighted by molar-refractivity contribution is 0.0996. The van der Waals surface area contributed by atoms with Gasteiger partial charge >= 0.3 is 0 Å². The molecule has 0 spiro atoms. The molecule has 3 aromatic heterocycles. The minimum absolute atomic E-state index is 0.0575. The Balaban J connectivity index is 1.54. The minimum Gasteiger partial charge on any atom is -0.485 e. The van der Waals surface area contributed by atoms with E-state index in [0.717, 1.165) is 0 Å². The zero-order valence-electron chi connectivity index (χ0n) is 14.5. The van der Waals surface area contributed by atoms with Crippen molar-refractivity contribution in [2.24, 2.45) is 0 Å². The molecular weight excluding hydrogens is 382 g/mol. The molecule has 140 valence electrons. The standard InChI is InChI=1S/C20H14ClN3O4/c21-13-7-8-18-22-14(10-19(25)24(18)11-13)12-28-16-5-2-1-4-15(16)23-20(26)17-6-3-9-27-17/h1-11H,12H2,(H,23,26). The lowest BCUT2D eigenvalue weighted by atomic mass is 10.2. The van der Waals surface area contributed by atoms with Crippen LogP contribution in [0.1, 0.15) is 16.2 Å². The topological polar surface area (TPSA) is 85.8 Å². The number of aromatic nitrogens is 2. The Labute approximate surface area is 164 Å². The molecule has 28 heavy (non-hydrogen) atoms. The van der Waals surface area contributed by atoms with Crippen LogP contribution in [0.5, 0.6) is 5.75 Å². The number of furan rings is 1. The first-order chi connectivity index (χ1) is 13.6. The highest BCUT2D eigenvalue weighted by Crippen LogP contribution is 2.25. The van der Waals surface area contributed by atoms with E-state index in [1.807, 2.05) is 0 Å². The zero-order chi connectivity index (χ0) is 19.5. The Kier molecular flexibility index (Phi) is 4.82. The number of amides is 1. The van der Waals surface area contributed by atoms with Crippen LogP contribution < -0.4 is 15.6 Å². The van der Waals surface area contributed by atoms with Crippen molar-refractivity contribution in [2.75, 3.05) is 5.32 Å². The molecule has 0 aliphatic rings. The van der Waals surface area contributed by atoms with E-state index in [-0.39, 0.29) is 23.8 Å². The van der Waals surface area contributed by atoms with Crippen LogP contribution in [0.25, 0.3) is 5.65 Å². The molecule has 4 aromatic rings. The van der Waals surface area contributed by atoms with E-state index < -0.39 is 0 Å². The molecule has 1 aromatic carbocycles. The monoisotopic (exact) mass is 395 g/mol. The average Bonchev–Trinajstić information content (AvgIpc) is 3.23. The normalized spacial score (nSPS) is 10.8.